The normalized spacial score (nSPS) is 11.1. The molecule has 2 N–H and O–H groups in total. The molecule has 2 aromatic carbocycles. The lowest BCUT2D eigenvalue weighted by atomic mass is 10.2. The Morgan fingerprint density at radius 3 is 2.48 bits per heavy atom. The van der Waals surface area contributed by atoms with Crippen LogP contribution in [0, 0.1) is 5.82 Å². The molecule has 0 aliphatic rings. The Kier molecular flexibility index (Phi) is 6.46. The van der Waals surface area contributed by atoms with Crippen LogP contribution in [0.4, 0.5) is 10.1 Å². The van der Waals surface area contributed by atoms with Gasteiger partial charge in [-0.1, -0.05) is 18.2 Å². The number of benzene rings is 2. The predicted octanol–water partition coefficient (Wildman–Crippen LogP) is 3.45. The molecule has 5 nitrogen and oxygen atoms in total. The Bertz CT molecular complexity index is 883. The molecular weight excluding hydrogens is 411 g/mol. The molecule has 0 unspecified atom stereocenters. The molecule has 0 bridgehead atoms. The molecule has 0 aliphatic heterocycles. The minimum absolute atomic E-state index is 0.168. The lowest BCUT2D eigenvalue weighted by Gasteiger charge is -2.09. The van der Waals surface area contributed by atoms with E-state index in [0.29, 0.717) is 21.3 Å². The molecule has 0 saturated heterocycles. The molecule has 0 atom stereocenters. The van der Waals surface area contributed by atoms with Gasteiger partial charge in [0.1, 0.15) is 5.82 Å². The minimum Gasteiger partial charge on any atom is -0.322 e. The SMILES string of the molecule is C=CCNS(=O)(=O)Cc1ccc(NC(=O)c2ccc(F)cc2Br)cc1. The van der Waals surface area contributed by atoms with Crippen LogP contribution in [0.5, 0.6) is 0 Å². The lowest BCUT2D eigenvalue weighted by Crippen LogP contribution is -2.25. The monoisotopic (exact) mass is 426 g/mol. The van der Waals surface area contributed by atoms with Crippen molar-refractivity contribution in [2.75, 3.05) is 11.9 Å². The van der Waals surface area contributed by atoms with Gasteiger partial charge in [-0.2, -0.15) is 0 Å². The molecule has 0 aliphatic carbocycles. The first-order chi connectivity index (χ1) is 11.8. The highest BCUT2D eigenvalue weighted by molar-refractivity contribution is 9.10. The molecule has 1 amide bonds. The van der Waals surface area contributed by atoms with Crippen LogP contribution < -0.4 is 10.0 Å². The zero-order valence-electron chi connectivity index (χ0n) is 13.1. The number of anilines is 1. The summed E-state index contributed by atoms with van der Waals surface area (Å²) in [4.78, 5) is 12.2. The number of hydrogen-bond donors (Lipinski definition) is 2. The van der Waals surface area contributed by atoms with Crippen molar-refractivity contribution in [3.8, 4) is 0 Å². The van der Waals surface area contributed by atoms with Crippen molar-refractivity contribution in [3.63, 3.8) is 0 Å². The first kappa shape index (κ1) is 19.3. The van der Waals surface area contributed by atoms with Crippen molar-refractivity contribution in [1.82, 2.24) is 4.72 Å². The smallest absolute Gasteiger partial charge is 0.256 e. The summed E-state index contributed by atoms with van der Waals surface area (Å²) in [5, 5.41) is 2.67. The van der Waals surface area contributed by atoms with Crippen LogP contribution in [-0.2, 0) is 15.8 Å². The summed E-state index contributed by atoms with van der Waals surface area (Å²) in [7, 11) is -3.44. The zero-order valence-corrected chi connectivity index (χ0v) is 15.5. The van der Waals surface area contributed by atoms with E-state index in [9.17, 15) is 17.6 Å². The van der Waals surface area contributed by atoms with Crippen LogP contribution in [0.3, 0.4) is 0 Å². The van der Waals surface area contributed by atoms with Crippen LogP contribution in [0.1, 0.15) is 15.9 Å². The van der Waals surface area contributed by atoms with Gasteiger partial charge in [-0.05, 0) is 51.8 Å². The Morgan fingerprint density at radius 1 is 1.20 bits per heavy atom. The highest BCUT2D eigenvalue weighted by atomic mass is 79.9. The van der Waals surface area contributed by atoms with E-state index in [-0.39, 0.29) is 12.3 Å². The van der Waals surface area contributed by atoms with Crippen LogP contribution in [0.15, 0.2) is 59.6 Å². The third-order valence-electron chi connectivity index (χ3n) is 3.19. The minimum atomic E-state index is -3.44. The van der Waals surface area contributed by atoms with Gasteiger partial charge in [0.05, 0.1) is 11.3 Å². The summed E-state index contributed by atoms with van der Waals surface area (Å²) in [6.07, 6.45) is 1.46. The summed E-state index contributed by atoms with van der Waals surface area (Å²) < 4.78 is 39.4. The molecule has 132 valence electrons. The number of rotatable bonds is 7. The van der Waals surface area contributed by atoms with Gasteiger partial charge < -0.3 is 5.32 Å². The Labute approximate surface area is 154 Å². The maximum absolute atomic E-state index is 13.1. The molecule has 8 heteroatoms. The summed E-state index contributed by atoms with van der Waals surface area (Å²) in [6.45, 7) is 3.62. The molecule has 2 aromatic rings. The van der Waals surface area contributed by atoms with Gasteiger partial charge in [-0.25, -0.2) is 17.5 Å². The molecular formula is C17H16BrFN2O3S. The zero-order chi connectivity index (χ0) is 18.4. The van der Waals surface area contributed by atoms with Crippen molar-refractivity contribution in [2.45, 2.75) is 5.75 Å². The van der Waals surface area contributed by atoms with Gasteiger partial charge in [0.2, 0.25) is 10.0 Å². The molecule has 0 heterocycles. The predicted molar refractivity (Wildman–Crippen MR) is 99.3 cm³/mol. The van der Waals surface area contributed by atoms with Crippen molar-refractivity contribution >= 4 is 37.5 Å². The number of hydrogen-bond acceptors (Lipinski definition) is 3. The van der Waals surface area contributed by atoms with Crippen LogP contribution in [0.2, 0.25) is 0 Å². The Hall–Kier alpha value is -2.03. The largest absolute Gasteiger partial charge is 0.322 e. The van der Waals surface area contributed by atoms with E-state index in [1.807, 2.05) is 0 Å². The molecule has 0 radical (unpaired) electrons. The van der Waals surface area contributed by atoms with E-state index in [4.69, 9.17) is 0 Å². The molecule has 2 rings (SSSR count). The fourth-order valence-corrected chi connectivity index (χ4v) is 3.65. The lowest BCUT2D eigenvalue weighted by molar-refractivity contribution is 0.102. The first-order valence-corrected chi connectivity index (χ1v) is 9.69. The molecule has 0 aromatic heterocycles. The molecule has 0 fully saturated rings. The van der Waals surface area contributed by atoms with Gasteiger partial charge in [0.15, 0.2) is 0 Å². The highest BCUT2D eigenvalue weighted by Crippen LogP contribution is 2.20. The topological polar surface area (TPSA) is 75.3 Å². The van der Waals surface area contributed by atoms with Gasteiger partial charge in [0, 0.05) is 16.7 Å². The third kappa shape index (κ3) is 5.77. The summed E-state index contributed by atoms with van der Waals surface area (Å²) in [6, 6.07) is 10.2. The third-order valence-corrected chi connectivity index (χ3v) is 5.17. The second-order valence-electron chi connectivity index (χ2n) is 5.17. The van der Waals surface area contributed by atoms with Gasteiger partial charge in [0.25, 0.3) is 5.91 Å². The number of halogens is 2. The van der Waals surface area contributed by atoms with Gasteiger partial charge in [-0.15, -0.1) is 6.58 Å². The van der Waals surface area contributed by atoms with E-state index >= 15 is 0 Å². The molecule has 0 spiro atoms. The average Bonchev–Trinajstić information content (AvgIpc) is 2.54. The van der Waals surface area contributed by atoms with Crippen molar-refractivity contribution in [2.24, 2.45) is 0 Å². The average molecular weight is 427 g/mol. The maximum atomic E-state index is 13.1. The van der Waals surface area contributed by atoms with E-state index in [0.717, 1.165) is 0 Å². The Balaban J connectivity index is 2.05. The second kappa shape index (κ2) is 8.37. The van der Waals surface area contributed by atoms with Gasteiger partial charge >= 0.3 is 0 Å². The van der Waals surface area contributed by atoms with E-state index in [1.54, 1.807) is 24.3 Å². The quantitative estimate of drug-likeness (QED) is 0.665. The van der Waals surface area contributed by atoms with Gasteiger partial charge in [-0.3, -0.25) is 4.79 Å². The number of sulfonamides is 1. The number of carbonyl (C=O) groups excluding carboxylic acids is 1. The van der Waals surface area contributed by atoms with Crippen molar-refractivity contribution in [3.05, 3.63) is 76.5 Å². The molecule has 0 saturated carbocycles. The van der Waals surface area contributed by atoms with Crippen LogP contribution in [-0.4, -0.2) is 20.9 Å². The number of nitrogens with one attached hydrogen (secondary N) is 2. The summed E-state index contributed by atoms with van der Waals surface area (Å²) >= 11 is 3.14. The van der Waals surface area contributed by atoms with E-state index in [2.05, 4.69) is 32.5 Å². The standard InChI is InChI=1S/C17H16BrFN2O3S/c1-2-9-20-25(23,24)11-12-3-6-14(7-4-12)21-17(22)15-8-5-13(19)10-16(15)18/h2-8,10,20H,1,9,11H2,(H,21,22). The molecule has 25 heavy (non-hydrogen) atoms. The fourth-order valence-electron chi connectivity index (χ4n) is 2.01. The summed E-state index contributed by atoms with van der Waals surface area (Å²) in [5.41, 5.74) is 1.38. The highest BCUT2D eigenvalue weighted by Gasteiger charge is 2.12. The first-order valence-electron chi connectivity index (χ1n) is 7.24. The van der Waals surface area contributed by atoms with Crippen molar-refractivity contribution < 1.29 is 17.6 Å². The van der Waals surface area contributed by atoms with Crippen LogP contribution >= 0.6 is 15.9 Å². The fraction of sp³-hybridized carbons (Fsp3) is 0.118. The second-order valence-corrected chi connectivity index (χ2v) is 7.83. The van der Waals surface area contributed by atoms with Crippen molar-refractivity contribution in [1.29, 1.82) is 0 Å². The van der Waals surface area contributed by atoms with Crippen LogP contribution in [0.25, 0.3) is 0 Å². The van der Waals surface area contributed by atoms with E-state index < -0.39 is 21.7 Å². The Morgan fingerprint density at radius 2 is 1.88 bits per heavy atom. The maximum Gasteiger partial charge on any atom is 0.256 e. The number of carbonyl (C=O) groups is 1. The summed E-state index contributed by atoms with van der Waals surface area (Å²) in [5.74, 6) is -1.02. The van der Waals surface area contributed by atoms with E-state index in [1.165, 1.54) is 24.3 Å². The number of amides is 1.